The third-order valence-electron chi connectivity index (χ3n) is 3.04. The number of aliphatic imine (C=N–C) groups is 1. The van der Waals surface area contributed by atoms with Gasteiger partial charge >= 0.3 is 0 Å². The molecule has 0 radical (unpaired) electrons. The van der Waals surface area contributed by atoms with Crippen molar-refractivity contribution in [1.82, 2.24) is 5.32 Å². The lowest BCUT2D eigenvalue weighted by molar-refractivity contribution is 0.255. The first-order valence-corrected chi connectivity index (χ1v) is 6.18. The Morgan fingerprint density at radius 3 is 2.40 bits per heavy atom. The Kier molecular flexibility index (Phi) is 4.92. The molecule has 1 aliphatic rings. The zero-order chi connectivity index (χ0) is 11.3. The van der Waals surface area contributed by atoms with Gasteiger partial charge in [-0.3, -0.25) is 4.99 Å². The Morgan fingerprint density at radius 1 is 1.27 bits per heavy atom. The van der Waals surface area contributed by atoms with Crippen LogP contribution in [0.1, 0.15) is 46.5 Å². The number of rotatable bonds is 3. The molecular formula is C12H25N3. The van der Waals surface area contributed by atoms with E-state index in [9.17, 15) is 0 Å². The molecule has 0 heterocycles. The van der Waals surface area contributed by atoms with Gasteiger partial charge in [-0.25, -0.2) is 0 Å². The summed E-state index contributed by atoms with van der Waals surface area (Å²) in [5.74, 6) is 2.25. The summed E-state index contributed by atoms with van der Waals surface area (Å²) < 4.78 is 0. The van der Waals surface area contributed by atoms with Crippen molar-refractivity contribution < 1.29 is 0 Å². The van der Waals surface area contributed by atoms with E-state index in [0.29, 0.717) is 12.0 Å². The molecule has 2 atom stereocenters. The van der Waals surface area contributed by atoms with Crippen LogP contribution in [-0.4, -0.2) is 18.5 Å². The highest BCUT2D eigenvalue weighted by Crippen LogP contribution is 2.28. The van der Waals surface area contributed by atoms with E-state index < -0.39 is 0 Å². The second-order valence-electron chi connectivity index (χ2n) is 5.03. The van der Waals surface area contributed by atoms with Gasteiger partial charge in [0.15, 0.2) is 5.96 Å². The predicted molar refractivity (Wildman–Crippen MR) is 65.9 cm³/mol. The first-order chi connectivity index (χ1) is 7.11. The molecular weight excluding hydrogens is 186 g/mol. The topological polar surface area (TPSA) is 50.4 Å². The average molecular weight is 211 g/mol. The highest BCUT2D eigenvalue weighted by Gasteiger charge is 2.23. The molecule has 1 fully saturated rings. The Labute approximate surface area is 93.5 Å². The van der Waals surface area contributed by atoms with Crippen molar-refractivity contribution in [3.8, 4) is 0 Å². The molecule has 1 saturated carbocycles. The van der Waals surface area contributed by atoms with Crippen LogP contribution in [-0.2, 0) is 0 Å². The van der Waals surface area contributed by atoms with E-state index in [1.165, 1.54) is 19.3 Å². The number of nitrogens with one attached hydrogen (secondary N) is 1. The van der Waals surface area contributed by atoms with Gasteiger partial charge in [-0.1, -0.05) is 20.8 Å². The second-order valence-corrected chi connectivity index (χ2v) is 5.03. The highest BCUT2D eigenvalue weighted by molar-refractivity contribution is 5.78. The first-order valence-electron chi connectivity index (χ1n) is 6.18. The van der Waals surface area contributed by atoms with Gasteiger partial charge in [-0.15, -0.1) is 0 Å². The Hall–Kier alpha value is -0.730. The zero-order valence-electron chi connectivity index (χ0n) is 10.3. The lowest BCUT2D eigenvalue weighted by Crippen LogP contribution is -2.43. The minimum absolute atomic E-state index is 0.532. The molecule has 0 amide bonds. The zero-order valence-corrected chi connectivity index (χ0v) is 10.3. The van der Waals surface area contributed by atoms with E-state index in [2.05, 4.69) is 31.1 Å². The van der Waals surface area contributed by atoms with Crippen LogP contribution in [0.15, 0.2) is 4.99 Å². The van der Waals surface area contributed by atoms with Crippen LogP contribution in [0.3, 0.4) is 0 Å². The maximum Gasteiger partial charge on any atom is 0.188 e. The maximum atomic E-state index is 5.82. The molecule has 3 heteroatoms. The summed E-state index contributed by atoms with van der Waals surface area (Å²) in [6, 6.07) is 0.532. The molecule has 0 aromatic heterocycles. The predicted octanol–water partition coefficient (Wildman–Crippen LogP) is 2.13. The molecule has 3 nitrogen and oxygen atoms in total. The fraction of sp³-hybridized carbons (Fsp3) is 0.917. The summed E-state index contributed by atoms with van der Waals surface area (Å²) in [5.41, 5.74) is 5.82. The average Bonchev–Trinajstić information content (AvgIpc) is 2.13. The monoisotopic (exact) mass is 211 g/mol. The molecule has 0 bridgehead atoms. The Balaban J connectivity index is 2.37. The van der Waals surface area contributed by atoms with Crippen LogP contribution in [0.25, 0.3) is 0 Å². The van der Waals surface area contributed by atoms with Gasteiger partial charge in [0, 0.05) is 12.6 Å². The fourth-order valence-corrected chi connectivity index (χ4v) is 2.55. The van der Waals surface area contributed by atoms with Crippen molar-refractivity contribution in [2.75, 3.05) is 6.54 Å². The summed E-state index contributed by atoms with van der Waals surface area (Å²) in [5, 5.41) is 3.34. The van der Waals surface area contributed by atoms with Crippen molar-refractivity contribution in [3.05, 3.63) is 0 Å². The van der Waals surface area contributed by atoms with E-state index in [-0.39, 0.29) is 0 Å². The molecule has 0 spiro atoms. The van der Waals surface area contributed by atoms with Gasteiger partial charge in [-0.2, -0.15) is 0 Å². The Morgan fingerprint density at radius 2 is 1.87 bits per heavy atom. The molecule has 0 aromatic rings. The van der Waals surface area contributed by atoms with Crippen molar-refractivity contribution in [3.63, 3.8) is 0 Å². The van der Waals surface area contributed by atoms with Crippen molar-refractivity contribution in [2.45, 2.75) is 52.5 Å². The van der Waals surface area contributed by atoms with Crippen molar-refractivity contribution >= 4 is 5.96 Å². The Bertz CT molecular complexity index is 203. The van der Waals surface area contributed by atoms with Gasteiger partial charge in [0.25, 0.3) is 0 Å². The lowest BCUT2D eigenvalue weighted by atomic mass is 9.80. The summed E-state index contributed by atoms with van der Waals surface area (Å²) in [6.07, 6.45) is 4.86. The molecule has 3 N–H and O–H groups in total. The molecule has 88 valence electrons. The van der Waals surface area contributed by atoms with Crippen LogP contribution in [0.2, 0.25) is 0 Å². The van der Waals surface area contributed by atoms with Crippen LogP contribution < -0.4 is 11.1 Å². The molecule has 0 aromatic carbocycles. The minimum Gasteiger partial charge on any atom is -0.370 e. The van der Waals surface area contributed by atoms with E-state index >= 15 is 0 Å². The lowest BCUT2D eigenvalue weighted by Gasteiger charge is -2.32. The van der Waals surface area contributed by atoms with E-state index in [1.807, 2.05) is 0 Å². The van der Waals surface area contributed by atoms with Gasteiger partial charge in [0.2, 0.25) is 0 Å². The van der Waals surface area contributed by atoms with Crippen molar-refractivity contribution in [1.29, 1.82) is 0 Å². The smallest absolute Gasteiger partial charge is 0.188 e. The minimum atomic E-state index is 0.532. The molecule has 0 saturated heterocycles. The number of hydrogen-bond acceptors (Lipinski definition) is 1. The summed E-state index contributed by atoms with van der Waals surface area (Å²) in [6.45, 7) is 7.59. The van der Waals surface area contributed by atoms with Gasteiger partial charge in [0.1, 0.15) is 0 Å². The number of hydrogen-bond donors (Lipinski definition) is 2. The quantitative estimate of drug-likeness (QED) is 0.555. The van der Waals surface area contributed by atoms with Crippen LogP contribution >= 0.6 is 0 Å². The van der Waals surface area contributed by atoms with Gasteiger partial charge < -0.3 is 11.1 Å². The highest BCUT2D eigenvalue weighted by atomic mass is 15.1. The molecule has 15 heavy (non-hydrogen) atoms. The van der Waals surface area contributed by atoms with Gasteiger partial charge in [-0.05, 0) is 37.5 Å². The molecule has 1 rings (SSSR count). The van der Waals surface area contributed by atoms with Gasteiger partial charge in [0.05, 0.1) is 0 Å². The number of nitrogens with two attached hydrogens (primary N) is 1. The standard InChI is InChI=1S/C12H25N3/c1-4-5-14-12(13)15-11-7-9(2)6-10(3)8-11/h9-11H,4-8H2,1-3H3,(H3,13,14,15). The fourth-order valence-electron chi connectivity index (χ4n) is 2.55. The first kappa shape index (κ1) is 12.3. The third kappa shape index (κ3) is 4.54. The second kappa shape index (κ2) is 5.99. The van der Waals surface area contributed by atoms with E-state index in [0.717, 1.165) is 24.8 Å². The largest absolute Gasteiger partial charge is 0.370 e. The molecule has 2 unspecified atom stereocenters. The summed E-state index contributed by atoms with van der Waals surface area (Å²) in [4.78, 5) is 4.27. The van der Waals surface area contributed by atoms with E-state index in [4.69, 9.17) is 5.73 Å². The normalized spacial score (nSPS) is 32.7. The molecule has 1 aliphatic carbocycles. The molecule has 0 aliphatic heterocycles. The third-order valence-corrected chi connectivity index (χ3v) is 3.04. The summed E-state index contributed by atoms with van der Waals surface area (Å²) >= 11 is 0. The van der Waals surface area contributed by atoms with Crippen LogP contribution in [0.4, 0.5) is 0 Å². The maximum absolute atomic E-state index is 5.82. The van der Waals surface area contributed by atoms with Crippen LogP contribution in [0.5, 0.6) is 0 Å². The van der Waals surface area contributed by atoms with E-state index in [1.54, 1.807) is 0 Å². The van der Waals surface area contributed by atoms with Crippen LogP contribution in [0, 0.1) is 11.8 Å². The summed E-state index contributed by atoms with van der Waals surface area (Å²) in [7, 11) is 0. The number of nitrogens with zero attached hydrogens (tertiary/aromatic N) is 1. The van der Waals surface area contributed by atoms with Crippen molar-refractivity contribution in [2.24, 2.45) is 22.6 Å². The SMILES string of the molecule is CCCN=C(N)NC1CC(C)CC(C)C1. The number of guanidine groups is 1.